The van der Waals surface area contributed by atoms with Crippen molar-refractivity contribution in [3.8, 4) is 0 Å². The molecule has 0 saturated heterocycles. The number of rotatable bonds is 3. The van der Waals surface area contributed by atoms with Crippen LogP contribution in [0.1, 0.15) is 15.9 Å². The number of nitrogens with two attached hydrogens (primary N) is 1. The second-order valence-corrected chi connectivity index (χ2v) is 3.76. The van der Waals surface area contributed by atoms with Crippen LogP contribution in [0.2, 0.25) is 0 Å². The molecule has 0 aliphatic heterocycles. The summed E-state index contributed by atoms with van der Waals surface area (Å²) in [4.78, 5) is 11.0. The first-order valence-corrected chi connectivity index (χ1v) is 5.18. The summed E-state index contributed by atoms with van der Waals surface area (Å²) in [5.41, 5.74) is 6.60. The summed E-state index contributed by atoms with van der Waals surface area (Å²) in [6.07, 6.45) is 3.50. The fourth-order valence-corrected chi connectivity index (χ4v) is 1.57. The van der Waals surface area contributed by atoms with Gasteiger partial charge < -0.3 is 10.4 Å². The van der Waals surface area contributed by atoms with E-state index in [9.17, 15) is 9.18 Å². The molecule has 2 aromatic rings. The Balaban J connectivity index is 0.00000162. The minimum atomic E-state index is -0.460. The summed E-state index contributed by atoms with van der Waals surface area (Å²) in [6.45, 7) is 0.571. The van der Waals surface area contributed by atoms with Gasteiger partial charge in [0.15, 0.2) is 18.9 Å². The fraction of sp³-hybridized carbons (Fsp3) is 0.0769. The highest BCUT2D eigenvalue weighted by Crippen LogP contribution is 2.02. The van der Waals surface area contributed by atoms with Crippen molar-refractivity contribution in [2.45, 2.75) is 6.54 Å². The molecule has 2 rings (SSSR count). The lowest BCUT2D eigenvalue weighted by molar-refractivity contribution is -0.688. The van der Waals surface area contributed by atoms with Crippen molar-refractivity contribution in [3.63, 3.8) is 0 Å². The molecular formula is C13H12F2N2O. The van der Waals surface area contributed by atoms with Crippen LogP contribution in [-0.2, 0) is 6.54 Å². The lowest BCUT2D eigenvalue weighted by Crippen LogP contribution is -3.00. The Morgan fingerprint density at radius 2 is 1.89 bits per heavy atom. The number of carbonyl (C=O) groups excluding carboxylic acids is 1. The molecular weight excluding hydrogens is 238 g/mol. The first-order valence-electron chi connectivity index (χ1n) is 5.18. The maximum Gasteiger partial charge on any atom is 0.254 e. The monoisotopic (exact) mass is 250 g/mol. The first-order chi connectivity index (χ1) is 8.15. The van der Waals surface area contributed by atoms with Crippen molar-refractivity contribution >= 4 is 5.91 Å². The zero-order valence-corrected chi connectivity index (χ0v) is 9.51. The van der Waals surface area contributed by atoms with Crippen LogP contribution in [0.15, 0.2) is 48.8 Å². The van der Waals surface area contributed by atoms with Crippen LogP contribution in [-0.4, -0.2) is 5.91 Å². The molecule has 0 fully saturated rings. The maximum atomic E-state index is 12.7. The quantitative estimate of drug-likeness (QED) is 0.646. The van der Waals surface area contributed by atoms with Crippen LogP contribution in [0.25, 0.3) is 0 Å². The van der Waals surface area contributed by atoms with Gasteiger partial charge in [0.25, 0.3) is 5.91 Å². The third-order valence-corrected chi connectivity index (χ3v) is 2.42. The zero-order chi connectivity index (χ0) is 12.3. The molecule has 1 amide bonds. The number of aromatic nitrogens is 1. The number of halogens is 2. The van der Waals surface area contributed by atoms with Crippen molar-refractivity contribution in [2.75, 3.05) is 0 Å². The van der Waals surface area contributed by atoms with Crippen molar-refractivity contribution in [1.82, 2.24) is 0 Å². The van der Waals surface area contributed by atoms with E-state index in [1.165, 1.54) is 12.1 Å². The lowest BCUT2D eigenvalue weighted by Gasteiger charge is -1.99. The second-order valence-electron chi connectivity index (χ2n) is 3.76. The molecule has 18 heavy (non-hydrogen) atoms. The summed E-state index contributed by atoms with van der Waals surface area (Å²) < 4.78 is 14.6. The maximum absolute atomic E-state index is 12.7. The number of hydrogen-bond acceptors (Lipinski definition) is 1. The van der Waals surface area contributed by atoms with Gasteiger partial charge in [-0.3, -0.25) is 4.79 Å². The molecule has 0 aliphatic rings. The standard InChI is InChI=1S/C13H11FN2O.FH/c14-12-5-3-10(4-6-12)8-16-7-1-2-11(9-16)13(15)17;/h1-7,9H,8H2,(H-,15,17);1H. The molecule has 0 unspecified atom stereocenters. The average molecular weight is 250 g/mol. The van der Waals surface area contributed by atoms with Gasteiger partial charge in [-0.15, -0.1) is 0 Å². The van der Waals surface area contributed by atoms with Gasteiger partial charge in [0, 0.05) is 11.6 Å². The second kappa shape index (κ2) is 5.86. The normalized spacial score (nSPS) is 9.61. The molecule has 94 valence electrons. The summed E-state index contributed by atoms with van der Waals surface area (Å²) in [5, 5.41) is 0. The van der Waals surface area contributed by atoms with Gasteiger partial charge in [0.1, 0.15) is 11.4 Å². The molecule has 5 heteroatoms. The topological polar surface area (TPSA) is 47.0 Å². The minimum absolute atomic E-state index is 0. The van der Waals surface area contributed by atoms with Crippen molar-refractivity contribution in [1.29, 1.82) is 0 Å². The fourth-order valence-electron chi connectivity index (χ4n) is 1.57. The molecule has 0 saturated carbocycles. The molecule has 1 aromatic carbocycles. The Morgan fingerprint density at radius 3 is 2.50 bits per heavy atom. The Hall–Kier alpha value is -2.30. The molecule has 0 atom stereocenters. The predicted molar refractivity (Wildman–Crippen MR) is 60.7 cm³/mol. The molecule has 0 radical (unpaired) electrons. The highest BCUT2D eigenvalue weighted by Gasteiger charge is 2.07. The van der Waals surface area contributed by atoms with Gasteiger partial charge in [-0.25, -0.2) is 4.39 Å². The number of primary amides is 1. The van der Waals surface area contributed by atoms with Crippen molar-refractivity contribution < 1.29 is 18.5 Å². The van der Waals surface area contributed by atoms with Crippen LogP contribution < -0.4 is 15.0 Å². The number of pyridine rings is 1. The largest absolute Gasteiger partial charge is 1.00 e. The van der Waals surface area contributed by atoms with E-state index < -0.39 is 5.91 Å². The summed E-state index contributed by atoms with van der Waals surface area (Å²) in [7, 11) is 0. The van der Waals surface area contributed by atoms with E-state index in [0.29, 0.717) is 12.1 Å². The Morgan fingerprint density at radius 1 is 1.22 bits per heavy atom. The Bertz CT molecular complexity index is 541. The predicted octanol–water partition coefficient (Wildman–Crippen LogP) is -1.74. The van der Waals surface area contributed by atoms with E-state index >= 15 is 0 Å². The van der Waals surface area contributed by atoms with Gasteiger partial charge in [0.2, 0.25) is 0 Å². The third kappa shape index (κ3) is 3.35. The zero-order valence-electron chi connectivity index (χ0n) is 9.51. The number of nitrogens with zero attached hydrogens (tertiary/aromatic N) is 1. The summed E-state index contributed by atoms with van der Waals surface area (Å²) in [5.74, 6) is -0.719. The van der Waals surface area contributed by atoms with E-state index in [-0.39, 0.29) is 10.5 Å². The minimum Gasteiger partial charge on any atom is -1.00 e. The smallest absolute Gasteiger partial charge is 0.254 e. The number of hydrogen-bond donors (Lipinski definition) is 1. The molecule has 3 nitrogen and oxygen atoms in total. The molecule has 1 heterocycles. The van der Waals surface area contributed by atoms with Gasteiger partial charge in [-0.2, -0.15) is 4.57 Å². The highest BCUT2D eigenvalue weighted by atomic mass is 19.1. The van der Waals surface area contributed by atoms with E-state index in [2.05, 4.69) is 0 Å². The lowest BCUT2D eigenvalue weighted by atomic mass is 10.2. The van der Waals surface area contributed by atoms with Gasteiger partial charge >= 0.3 is 0 Å². The van der Waals surface area contributed by atoms with Crippen molar-refractivity contribution in [3.05, 3.63) is 65.7 Å². The molecule has 0 bridgehead atoms. The average Bonchev–Trinajstić information content (AvgIpc) is 2.32. The van der Waals surface area contributed by atoms with Crippen LogP contribution in [0.4, 0.5) is 4.39 Å². The van der Waals surface area contributed by atoms with Crippen LogP contribution in [0.5, 0.6) is 0 Å². The molecule has 2 N–H and O–H groups in total. The van der Waals surface area contributed by atoms with Gasteiger partial charge in [0.05, 0.1) is 0 Å². The van der Waals surface area contributed by atoms with E-state index in [0.717, 1.165) is 5.56 Å². The summed E-state index contributed by atoms with van der Waals surface area (Å²) >= 11 is 0. The van der Waals surface area contributed by atoms with Crippen LogP contribution in [0.3, 0.4) is 0 Å². The molecule has 1 aromatic heterocycles. The Kier molecular flexibility index (Phi) is 4.48. The first kappa shape index (κ1) is 13.8. The van der Waals surface area contributed by atoms with Gasteiger partial charge in [-0.05, 0) is 30.3 Å². The number of amides is 1. The third-order valence-electron chi connectivity index (χ3n) is 2.42. The molecule has 0 spiro atoms. The number of carbonyl (C=O) groups is 1. The van der Waals surface area contributed by atoms with E-state index in [1.54, 1.807) is 30.5 Å². The number of benzene rings is 1. The van der Waals surface area contributed by atoms with Crippen LogP contribution in [0, 0.1) is 5.82 Å². The highest BCUT2D eigenvalue weighted by molar-refractivity contribution is 5.92. The molecule has 0 aliphatic carbocycles. The van der Waals surface area contributed by atoms with Crippen LogP contribution >= 0.6 is 0 Å². The Labute approximate surface area is 103 Å². The van der Waals surface area contributed by atoms with E-state index in [1.807, 2.05) is 10.8 Å². The SMILES string of the molecule is NC(=O)c1ccc[n+](Cc2ccc(F)cc2)c1.[F-]. The van der Waals surface area contributed by atoms with Gasteiger partial charge in [-0.1, -0.05) is 0 Å². The van der Waals surface area contributed by atoms with E-state index in [4.69, 9.17) is 5.73 Å². The van der Waals surface area contributed by atoms with Crippen molar-refractivity contribution in [2.24, 2.45) is 5.73 Å². The summed E-state index contributed by atoms with van der Waals surface area (Å²) in [6, 6.07) is 9.65.